The first-order valence-corrected chi connectivity index (χ1v) is 5.39. The van der Waals surface area contributed by atoms with E-state index in [1.807, 2.05) is 0 Å². The van der Waals surface area contributed by atoms with E-state index in [1.165, 1.54) is 12.1 Å². The molecule has 0 unspecified atom stereocenters. The van der Waals surface area contributed by atoms with Crippen LogP contribution in [0.25, 0.3) is 0 Å². The van der Waals surface area contributed by atoms with Gasteiger partial charge >= 0.3 is 6.61 Å². The first kappa shape index (κ1) is 12.0. The lowest BCUT2D eigenvalue weighted by molar-refractivity contribution is -0.0498. The molecule has 0 heterocycles. The number of ether oxygens (including phenoxy) is 2. The number of halogens is 2. The summed E-state index contributed by atoms with van der Waals surface area (Å²) in [6.45, 7) is -2.63. The molecule has 0 bridgehead atoms. The van der Waals surface area contributed by atoms with Gasteiger partial charge in [0.1, 0.15) is 5.75 Å². The van der Waals surface area contributed by atoms with Crippen LogP contribution < -0.4 is 4.74 Å². The van der Waals surface area contributed by atoms with Crippen molar-refractivity contribution in [1.29, 1.82) is 5.41 Å². The molecule has 0 spiro atoms. The van der Waals surface area contributed by atoms with Gasteiger partial charge in [-0.1, -0.05) is 12.1 Å². The number of hydrogen-bond acceptors (Lipinski definition) is 3. The van der Waals surface area contributed by atoms with Gasteiger partial charge in [-0.25, -0.2) is 0 Å². The normalized spacial score (nSPS) is 15.0. The largest absolute Gasteiger partial charge is 0.435 e. The van der Waals surface area contributed by atoms with E-state index in [9.17, 15) is 8.78 Å². The summed E-state index contributed by atoms with van der Waals surface area (Å²) in [5, 5.41) is 7.76. The smallest absolute Gasteiger partial charge is 0.387 e. The number of alkyl halides is 2. The second kappa shape index (κ2) is 5.23. The SMILES string of the molecule is N=C(COC1CC1)c1cccc(OC(F)F)c1. The van der Waals surface area contributed by atoms with Crippen molar-refractivity contribution in [3.8, 4) is 5.75 Å². The summed E-state index contributed by atoms with van der Waals surface area (Å²) >= 11 is 0. The number of rotatable bonds is 6. The highest BCUT2D eigenvalue weighted by Crippen LogP contribution is 2.24. The van der Waals surface area contributed by atoms with Crippen LogP contribution in [-0.4, -0.2) is 25.0 Å². The molecule has 5 heteroatoms. The summed E-state index contributed by atoms with van der Waals surface area (Å²) in [7, 11) is 0. The summed E-state index contributed by atoms with van der Waals surface area (Å²) in [6, 6.07) is 6.12. The highest BCUT2D eigenvalue weighted by atomic mass is 19.3. The second-order valence-electron chi connectivity index (χ2n) is 3.90. The number of hydrogen-bond donors (Lipinski definition) is 1. The highest BCUT2D eigenvalue weighted by Gasteiger charge is 2.22. The van der Waals surface area contributed by atoms with Crippen LogP contribution in [0, 0.1) is 5.41 Å². The quantitative estimate of drug-likeness (QED) is 0.778. The maximum atomic E-state index is 12.0. The van der Waals surface area contributed by atoms with Crippen LogP contribution in [0.2, 0.25) is 0 Å². The molecule has 1 aromatic carbocycles. The minimum absolute atomic E-state index is 0.0636. The Morgan fingerprint density at radius 2 is 2.18 bits per heavy atom. The zero-order valence-corrected chi connectivity index (χ0v) is 9.16. The summed E-state index contributed by atoms with van der Waals surface area (Å²) in [5.74, 6) is 0.0636. The molecule has 3 nitrogen and oxygen atoms in total. The van der Waals surface area contributed by atoms with E-state index in [1.54, 1.807) is 12.1 Å². The molecule has 2 rings (SSSR count). The van der Waals surface area contributed by atoms with Crippen molar-refractivity contribution >= 4 is 5.71 Å². The van der Waals surface area contributed by atoms with Crippen LogP contribution in [0.15, 0.2) is 24.3 Å². The fourth-order valence-corrected chi connectivity index (χ4v) is 1.38. The van der Waals surface area contributed by atoms with Crippen LogP contribution in [0.3, 0.4) is 0 Å². The third-order valence-electron chi connectivity index (χ3n) is 2.40. The topological polar surface area (TPSA) is 42.3 Å². The van der Waals surface area contributed by atoms with E-state index in [2.05, 4.69) is 4.74 Å². The van der Waals surface area contributed by atoms with Crippen LogP contribution >= 0.6 is 0 Å². The summed E-state index contributed by atoms with van der Waals surface area (Å²) in [4.78, 5) is 0. The standard InChI is InChI=1S/C12H13F2NO2/c13-12(14)17-10-3-1-2-8(6-10)11(15)7-16-9-4-5-9/h1-3,6,9,12,15H,4-5,7H2. The van der Waals surface area contributed by atoms with Gasteiger partial charge in [0.25, 0.3) is 0 Å². The van der Waals surface area contributed by atoms with Gasteiger partial charge in [0.05, 0.1) is 18.4 Å². The Kier molecular flexibility index (Phi) is 3.68. The fourth-order valence-electron chi connectivity index (χ4n) is 1.38. The van der Waals surface area contributed by atoms with Gasteiger partial charge in [0, 0.05) is 5.56 Å². The zero-order valence-electron chi connectivity index (χ0n) is 9.16. The molecular weight excluding hydrogens is 228 g/mol. The molecule has 1 saturated carbocycles. The van der Waals surface area contributed by atoms with E-state index in [0.717, 1.165) is 12.8 Å². The van der Waals surface area contributed by atoms with E-state index in [-0.39, 0.29) is 24.2 Å². The predicted molar refractivity (Wildman–Crippen MR) is 58.9 cm³/mol. The molecule has 1 aromatic rings. The van der Waals surface area contributed by atoms with Crippen molar-refractivity contribution in [3.05, 3.63) is 29.8 Å². The molecule has 0 amide bonds. The highest BCUT2D eigenvalue weighted by molar-refractivity contribution is 5.99. The van der Waals surface area contributed by atoms with Crippen molar-refractivity contribution in [1.82, 2.24) is 0 Å². The minimum atomic E-state index is -2.85. The van der Waals surface area contributed by atoms with Crippen LogP contribution in [-0.2, 0) is 4.74 Å². The van der Waals surface area contributed by atoms with E-state index in [0.29, 0.717) is 5.56 Å². The Hall–Kier alpha value is -1.49. The van der Waals surface area contributed by atoms with Crippen molar-refractivity contribution in [2.45, 2.75) is 25.6 Å². The van der Waals surface area contributed by atoms with Gasteiger partial charge in [0.15, 0.2) is 0 Å². The predicted octanol–water partition coefficient (Wildman–Crippen LogP) is 2.83. The average molecular weight is 241 g/mol. The van der Waals surface area contributed by atoms with Gasteiger partial charge in [-0.2, -0.15) is 8.78 Å². The van der Waals surface area contributed by atoms with E-state index < -0.39 is 6.61 Å². The molecule has 0 atom stereocenters. The van der Waals surface area contributed by atoms with Crippen LogP contribution in [0.5, 0.6) is 5.75 Å². The maximum Gasteiger partial charge on any atom is 0.387 e. The monoisotopic (exact) mass is 241 g/mol. The molecule has 0 radical (unpaired) electrons. The molecule has 1 fully saturated rings. The number of benzene rings is 1. The lowest BCUT2D eigenvalue weighted by atomic mass is 10.1. The molecule has 0 saturated heterocycles. The summed E-state index contributed by atoms with van der Waals surface area (Å²) in [6.07, 6.45) is 2.36. The van der Waals surface area contributed by atoms with E-state index >= 15 is 0 Å². The van der Waals surface area contributed by atoms with Crippen LogP contribution in [0.4, 0.5) is 8.78 Å². The van der Waals surface area contributed by atoms with Crippen molar-refractivity contribution in [2.24, 2.45) is 0 Å². The molecule has 0 aliphatic heterocycles. The number of nitrogens with one attached hydrogen (secondary N) is 1. The Morgan fingerprint density at radius 3 is 2.82 bits per heavy atom. The van der Waals surface area contributed by atoms with E-state index in [4.69, 9.17) is 10.1 Å². The molecule has 1 aliphatic rings. The van der Waals surface area contributed by atoms with Gasteiger partial charge in [-0.05, 0) is 25.0 Å². The van der Waals surface area contributed by atoms with Gasteiger partial charge in [-0.3, -0.25) is 0 Å². The first-order valence-electron chi connectivity index (χ1n) is 5.39. The minimum Gasteiger partial charge on any atom is -0.435 e. The van der Waals surface area contributed by atoms with Crippen molar-refractivity contribution < 1.29 is 18.3 Å². The van der Waals surface area contributed by atoms with Crippen LogP contribution in [0.1, 0.15) is 18.4 Å². The Bertz CT molecular complexity index is 405. The lowest BCUT2D eigenvalue weighted by Gasteiger charge is -2.08. The molecule has 0 aromatic heterocycles. The Morgan fingerprint density at radius 1 is 1.41 bits per heavy atom. The van der Waals surface area contributed by atoms with Gasteiger partial charge in [0.2, 0.25) is 0 Å². The van der Waals surface area contributed by atoms with Gasteiger partial charge < -0.3 is 14.9 Å². The third kappa shape index (κ3) is 3.78. The average Bonchev–Trinajstić information content (AvgIpc) is 3.09. The first-order chi connectivity index (χ1) is 8.15. The molecule has 1 N–H and O–H groups in total. The third-order valence-corrected chi connectivity index (χ3v) is 2.40. The molecule has 17 heavy (non-hydrogen) atoms. The maximum absolute atomic E-state index is 12.0. The lowest BCUT2D eigenvalue weighted by Crippen LogP contribution is -2.10. The Labute approximate surface area is 97.9 Å². The molecule has 1 aliphatic carbocycles. The Balaban J connectivity index is 1.95. The van der Waals surface area contributed by atoms with Crippen molar-refractivity contribution in [3.63, 3.8) is 0 Å². The second-order valence-corrected chi connectivity index (χ2v) is 3.90. The molecular formula is C12H13F2NO2. The molecule has 92 valence electrons. The fraction of sp³-hybridized carbons (Fsp3) is 0.417. The summed E-state index contributed by atoms with van der Waals surface area (Å²) < 4.78 is 33.7. The van der Waals surface area contributed by atoms with Crippen molar-refractivity contribution in [2.75, 3.05) is 6.61 Å². The van der Waals surface area contributed by atoms with Gasteiger partial charge in [-0.15, -0.1) is 0 Å². The summed E-state index contributed by atoms with van der Waals surface area (Å²) in [5.41, 5.74) is 0.820. The zero-order chi connectivity index (χ0) is 12.3.